The molecule has 4 heteroatoms. The van der Waals surface area contributed by atoms with Crippen LogP contribution in [0.1, 0.15) is 24.5 Å². The van der Waals surface area contributed by atoms with Crippen LogP contribution >= 0.6 is 0 Å². The number of rotatable bonds is 4. The quantitative estimate of drug-likeness (QED) is 0.676. The summed E-state index contributed by atoms with van der Waals surface area (Å²) < 4.78 is 1.68. The average Bonchev–Trinajstić information content (AvgIpc) is 2.47. The van der Waals surface area contributed by atoms with Gasteiger partial charge in [0.1, 0.15) is 0 Å². The lowest BCUT2D eigenvalue weighted by molar-refractivity contribution is 0.165. The van der Waals surface area contributed by atoms with Crippen LogP contribution in [0.4, 0.5) is 0 Å². The first-order chi connectivity index (χ1) is 5.74. The predicted octanol–water partition coefficient (Wildman–Crippen LogP) is 0.192. The summed E-state index contributed by atoms with van der Waals surface area (Å²) in [5.41, 5.74) is 6.19. The normalized spacial score (nSPS) is 13.2. The number of aliphatic hydroxyl groups excluding tert-OH is 1. The second-order valence-corrected chi connectivity index (χ2v) is 2.89. The molecule has 0 aliphatic carbocycles. The first-order valence-electron chi connectivity index (χ1n) is 4.10. The van der Waals surface area contributed by atoms with Crippen molar-refractivity contribution in [2.75, 3.05) is 6.54 Å². The van der Waals surface area contributed by atoms with Gasteiger partial charge in [-0.1, -0.05) is 0 Å². The highest BCUT2D eigenvalue weighted by Gasteiger charge is 2.07. The van der Waals surface area contributed by atoms with E-state index < -0.39 is 6.10 Å². The molecule has 0 saturated carbocycles. The third-order valence-corrected chi connectivity index (χ3v) is 1.79. The highest BCUT2D eigenvalue weighted by Crippen LogP contribution is 2.16. The summed E-state index contributed by atoms with van der Waals surface area (Å²) in [6, 6.07) is 0. The molecule has 4 nitrogen and oxygen atoms in total. The van der Waals surface area contributed by atoms with Gasteiger partial charge < -0.3 is 10.8 Å². The van der Waals surface area contributed by atoms with Gasteiger partial charge in [-0.15, -0.1) is 0 Å². The smallest absolute Gasteiger partial charge is 0.0821 e. The lowest BCUT2D eigenvalue weighted by atomic mass is 10.1. The Morgan fingerprint density at radius 1 is 1.75 bits per heavy atom. The lowest BCUT2D eigenvalue weighted by Gasteiger charge is -2.05. The second kappa shape index (κ2) is 4.23. The molecule has 3 N–H and O–H groups in total. The van der Waals surface area contributed by atoms with E-state index in [0.717, 1.165) is 12.0 Å². The molecule has 1 atom stereocenters. The van der Waals surface area contributed by atoms with Gasteiger partial charge in [0.15, 0.2) is 0 Å². The maximum Gasteiger partial charge on any atom is 0.0821 e. The van der Waals surface area contributed by atoms with Crippen LogP contribution in [0.2, 0.25) is 0 Å². The number of nitrogens with zero attached hydrogens (tertiary/aromatic N) is 2. The standard InChI is InChI=1S/C8H15N3O/c1-11-6-7(5-10-11)8(12)3-2-4-9/h5-6,8,12H,2-4,9H2,1H3. The zero-order valence-corrected chi connectivity index (χ0v) is 7.27. The summed E-state index contributed by atoms with van der Waals surface area (Å²) in [4.78, 5) is 0. The van der Waals surface area contributed by atoms with Crippen molar-refractivity contribution in [3.63, 3.8) is 0 Å². The highest BCUT2D eigenvalue weighted by atomic mass is 16.3. The molecule has 0 amide bonds. The maximum absolute atomic E-state index is 9.56. The Morgan fingerprint density at radius 3 is 3.00 bits per heavy atom. The SMILES string of the molecule is Cn1cc(C(O)CCCN)cn1. The number of aliphatic hydroxyl groups is 1. The first-order valence-corrected chi connectivity index (χ1v) is 4.10. The lowest BCUT2D eigenvalue weighted by Crippen LogP contribution is -2.03. The van der Waals surface area contributed by atoms with Crippen molar-refractivity contribution in [1.29, 1.82) is 0 Å². The zero-order valence-electron chi connectivity index (χ0n) is 7.27. The van der Waals surface area contributed by atoms with E-state index in [4.69, 9.17) is 5.73 Å². The van der Waals surface area contributed by atoms with Crippen molar-refractivity contribution >= 4 is 0 Å². The minimum Gasteiger partial charge on any atom is -0.388 e. The Morgan fingerprint density at radius 2 is 2.50 bits per heavy atom. The molecule has 68 valence electrons. The molecule has 0 spiro atoms. The van der Waals surface area contributed by atoms with E-state index in [1.165, 1.54) is 0 Å². The monoisotopic (exact) mass is 169 g/mol. The van der Waals surface area contributed by atoms with E-state index in [1.54, 1.807) is 10.9 Å². The van der Waals surface area contributed by atoms with Crippen molar-refractivity contribution in [1.82, 2.24) is 9.78 Å². The number of hydrogen-bond acceptors (Lipinski definition) is 3. The average molecular weight is 169 g/mol. The van der Waals surface area contributed by atoms with Gasteiger partial charge in [-0.05, 0) is 19.4 Å². The topological polar surface area (TPSA) is 64.1 Å². The molecule has 12 heavy (non-hydrogen) atoms. The van der Waals surface area contributed by atoms with E-state index >= 15 is 0 Å². The first kappa shape index (κ1) is 9.22. The van der Waals surface area contributed by atoms with Gasteiger partial charge in [0, 0.05) is 18.8 Å². The fourth-order valence-electron chi connectivity index (χ4n) is 1.09. The molecule has 0 aliphatic rings. The van der Waals surface area contributed by atoms with Crippen LogP contribution in [0.3, 0.4) is 0 Å². The zero-order chi connectivity index (χ0) is 8.97. The van der Waals surface area contributed by atoms with Gasteiger partial charge in [0.2, 0.25) is 0 Å². The van der Waals surface area contributed by atoms with E-state index in [1.807, 2.05) is 13.2 Å². The van der Waals surface area contributed by atoms with Crippen LogP contribution in [0.5, 0.6) is 0 Å². The summed E-state index contributed by atoms with van der Waals surface area (Å²) in [5, 5.41) is 13.5. The molecule has 0 radical (unpaired) electrons. The Labute approximate surface area is 72.0 Å². The van der Waals surface area contributed by atoms with Crippen molar-refractivity contribution < 1.29 is 5.11 Å². The minimum absolute atomic E-state index is 0.415. The number of aromatic nitrogens is 2. The van der Waals surface area contributed by atoms with Crippen LogP contribution in [-0.2, 0) is 7.05 Å². The second-order valence-electron chi connectivity index (χ2n) is 2.89. The molecule has 1 aromatic rings. The molecule has 1 unspecified atom stereocenters. The molecule has 0 aliphatic heterocycles. The summed E-state index contributed by atoms with van der Waals surface area (Å²) in [6.45, 7) is 0.622. The Kier molecular flexibility index (Phi) is 3.25. The molecule has 0 bridgehead atoms. The molecule has 0 saturated heterocycles. The van der Waals surface area contributed by atoms with E-state index in [-0.39, 0.29) is 0 Å². The van der Waals surface area contributed by atoms with Gasteiger partial charge in [0.25, 0.3) is 0 Å². The minimum atomic E-state index is -0.415. The van der Waals surface area contributed by atoms with E-state index in [9.17, 15) is 5.11 Å². The predicted molar refractivity (Wildman–Crippen MR) is 46.5 cm³/mol. The van der Waals surface area contributed by atoms with Crippen molar-refractivity contribution in [2.45, 2.75) is 18.9 Å². The Balaban J connectivity index is 2.47. The fourth-order valence-corrected chi connectivity index (χ4v) is 1.09. The van der Waals surface area contributed by atoms with Crippen LogP contribution in [0.15, 0.2) is 12.4 Å². The highest BCUT2D eigenvalue weighted by molar-refractivity contribution is 5.07. The largest absolute Gasteiger partial charge is 0.388 e. The van der Waals surface area contributed by atoms with E-state index in [0.29, 0.717) is 13.0 Å². The number of nitrogens with two attached hydrogens (primary N) is 1. The van der Waals surface area contributed by atoms with Gasteiger partial charge in [0.05, 0.1) is 12.3 Å². The number of hydrogen-bond donors (Lipinski definition) is 2. The van der Waals surface area contributed by atoms with Crippen molar-refractivity contribution in [3.05, 3.63) is 18.0 Å². The van der Waals surface area contributed by atoms with Gasteiger partial charge >= 0.3 is 0 Å². The third kappa shape index (κ3) is 2.32. The van der Waals surface area contributed by atoms with Crippen molar-refractivity contribution in [2.24, 2.45) is 12.8 Å². The van der Waals surface area contributed by atoms with Crippen LogP contribution in [0.25, 0.3) is 0 Å². The summed E-state index contributed by atoms with van der Waals surface area (Å²) in [5.74, 6) is 0. The van der Waals surface area contributed by atoms with Gasteiger partial charge in [-0.25, -0.2) is 0 Å². The molecule has 0 aromatic carbocycles. The van der Waals surface area contributed by atoms with Crippen LogP contribution in [0, 0.1) is 0 Å². The maximum atomic E-state index is 9.56. The van der Waals surface area contributed by atoms with E-state index in [2.05, 4.69) is 5.10 Å². The van der Waals surface area contributed by atoms with Gasteiger partial charge in [-0.3, -0.25) is 4.68 Å². The van der Waals surface area contributed by atoms with Crippen LogP contribution < -0.4 is 5.73 Å². The molecular formula is C8H15N3O. The third-order valence-electron chi connectivity index (χ3n) is 1.79. The van der Waals surface area contributed by atoms with Crippen molar-refractivity contribution in [3.8, 4) is 0 Å². The molecule has 1 rings (SSSR count). The van der Waals surface area contributed by atoms with Crippen LogP contribution in [-0.4, -0.2) is 21.4 Å². The number of aryl methyl sites for hydroxylation is 1. The molecular weight excluding hydrogens is 154 g/mol. The summed E-state index contributed by atoms with van der Waals surface area (Å²) in [7, 11) is 1.83. The fraction of sp³-hybridized carbons (Fsp3) is 0.625. The molecule has 0 fully saturated rings. The summed E-state index contributed by atoms with van der Waals surface area (Å²) >= 11 is 0. The molecule has 1 heterocycles. The Hall–Kier alpha value is -0.870. The Bertz CT molecular complexity index is 234. The summed E-state index contributed by atoms with van der Waals surface area (Å²) in [6.07, 6.45) is 4.64. The van der Waals surface area contributed by atoms with Gasteiger partial charge in [-0.2, -0.15) is 5.10 Å². The molecule has 1 aromatic heterocycles.